The average Bonchev–Trinajstić information content (AvgIpc) is 3.57. The minimum atomic E-state index is -0.267. The third-order valence-electron chi connectivity index (χ3n) is 6.64. The highest BCUT2D eigenvalue weighted by Gasteiger charge is 2.34. The molecule has 7 rings (SSSR count). The van der Waals surface area contributed by atoms with Crippen LogP contribution in [0.2, 0.25) is 0 Å². The van der Waals surface area contributed by atoms with Crippen molar-refractivity contribution in [2.75, 3.05) is 0 Å². The fraction of sp³-hybridized carbons (Fsp3) is 0. The molecule has 4 nitrogen and oxygen atoms in total. The monoisotopic (exact) mass is 506 g/mol. The fourth-order valence-electron chi connectivity index (χ4n) is 4.82. The summed E-state index contributed by atoms with van der Waals surface area (Å²) in [5.41, 5.74) is 3.74. The highest BCUT2D eigenvalue weighted by atomic mass is 32.1. The van der Waals surface area contributed by atoms with Gasteiger partial charge in [0.2, 0.25) is 0 Å². The normalized spacial score (nSPS) is 12.6. The van der Waals surface area contributed by atoms with Crippen molar-refractivity contribution in [1.82, 2.24) is 9.55 Å². The summed E-state index contributed by atoms with van der Waals surface area (Å²) in [5.74, 6) is 6.44. The summed E-state index contributed by atoms with van der Waals surface area (Å²) in [6.07, 6.45) is 1.63. The van der Waals surface area contributed by atoms with E-state index in [1.807, 2.05) is 108 Å². The molecule has 0 atom stereocenters. The van der Waals surface area contributed by atoms with E-state index in [0.29, 0.717) is 17.0 Å². The number of carbonyl (C=O) groups is 2. The summed E-state index contributed by atoms with van der Waals surface area (Å²) in [4.78, 5) is 33.3. The summed E-state index contributed by atoms with van der Waals surface area (Å²) in [6, 6.07) is 33.0. The van der Waals surface area contributed by atoms with Gasteiger partial charge in [0.05, 0.1) is 16.0 Å². The van der Waals surface area contributed by atoms with E-state index in [4.69, 9.17) is 4.98 Å². The molecule has 0 bridgehead atoms. The van der Waals surface area contributed by atoms with Gasteiger partial charge in [-0.15, -0.1) is 11.3 Å². The number of rotatable bonds is 2. The van der Waals surface area contributed by atoms with Gasteiger partial charge in [-0.2, -0.15) is 0 Å². The van der Waals surface area contributed by atoms with Crippen molar-refractivity contribution in [2.45, 2.75) is 0 Å². The molecule has 0 unspecified atom stereocenters. The molecule has 0 spiro atoms. The van der Waals surface area contributed by atoms with Crippen LogP contribution in [-0.2, 0) is 0 Å². The van der Waals surface area contributed by atoms with Crippen molar-refractivity contribution in [1.29, 1.82) is 0 Å². The molecule has 178 valence electrons. The van der Waals surface area contributed by atoms with Crippen LogP contribution in [0.25, 0.3) is 32.9 Å². The second-order valence-corrected chi connectivity index (χ2v) is 10.0. The van der Waals surface area contributed by atoms with Crippen molar-refractivity contribution in [3.05, 3.63) is 136 Å². The zero-order valence-electron chi connectivity index (χ0n) is 20.0. The van der Waals surface area contributed by atoms with Crippen LogP contribution < -0.4 is 0 Å². The van der Waals surface area contributed by atoms with Crippen molar-refractivity contribution < 1.29 is 9.59 Å². The standard InChI is InChI=1S/C33H18N2O2S/c36-31-26-17-22-11-7-8-12-23(22)18-27(26)32(37)28(31)20-30-34-33-29(35(30)24-13-5-2-6-14-24)19-25(38-33)16-15-21-9-3-1-4-10-21/h1-14,17-20H. The van der Waals surface area contributed by atoms with Gasteiger partial charge >= 0.3 is 0 Å². The second-order valence-electron chi connectivity index (χ2n) is 9.02. The van der Waals surface area contributed by atoms with E-state index in [2.05, 4.69) is 11.8 Å². The molecule has 6 aromatic rings. The molecule has 0 radical (unpaired) electrons. The van der Waals surface area contributed by atoms with E-state index in [9.17, 15) is 9.59 Å². The number of hydrogen-bond donors (Lipinski definition) is 0. The van der Waals surface area contributed by atoms with Gasteiger partial charge in [-0.05, 0) is 59.3 Å². The van der Waals surface area contributed by atoms with Crippen molar-refractivity contribution in [3.8, 4) is 17.5 Å². The van der Waals surface area contributed by atoms with Crippen molar-refractivity contribution >= 4 is 50.1 Å². The van der Waals surface area contributed by atoms with Gasteiger partial charge < -0.3 is 0 Å². The first kappa shape index (κ1) is 22.2. The smallest absolute Gasteiger partial charge is 0.197 e. The van der Waals surface area contributed by atoms with E-state index in [0.717, 1.165) is 37.2 Å². The quantitative estimate of drug-likeness (QED) is 0.143. The van der Waals surface area contributed by atoms with Crippen molar-refractivity contribution in [2.24, 2.45) is 0 Å². The first-order valence-corrected chi connectivity index (χ1v) is 13.0. The molecule has 5 heteroatoms. The highest BCUT2D eigenvalue weighted by Crippen LogP contribution is 2.34. The number of aromatic nitrogens is 2. The maximum atomic E-state index is 13.4. The summed E-state index contributed by atoms with van der Waals surface area (Å²) in [7, 11) is 0. The number of para-hydroxylation sites is 1. The van der Waals surface area contributed by atoms with Crippen LogP contribution in [0.15, 0.2) is 109 Å². The number of carbonyl (C=O) groups excluding carboxylic acids is 2. The van der Waals surface area contributed by atoms with Gasteiger partial charge in [0, 0.05) is 22.4 Å². The minimum absolute atomic E-state index is 0.134. The van der Waals surface area contributed by atoms with Crippen LogP contribution in [0.3, 0.4) is 0 Å². The number of benzene rings is 4. The van der Waals surface area contributed by atoms with Gasteiger partial charge in [-0.3, -0.25) is 14.2 Å². The number of allylic oxidation sites excluding steroid dienone is 1. The molecule has 0 amide bonds. The molecule has 0 N–H and O–H groups in total. The van der Waals surface area contributed by atoms with Gasteiger partial charge in [0.25, 0.3) is 0 Å². The number of thiophene rings is 1. The Hall–Kier alpha value is -5.05. The topological polar surface area (TPSA) is 52.0 Å². The SMILES string of the molecule is O=C1C(=Cc2nc3sc(C#Cc4ccccc4)cc3n2-c2ccccc2)C(=O)c2cc3ccccc3cc21. The molecule has 4 aromatic carbocycles. The summed E-state index contributed by atoms with van der Waals surface area (Å²) in [5, 5.41) is 1.87. The first-order chi connectivity index (χ1) is 18.7. The molecule has 0 aliphatic heterocycles. The van der Waals surface area contributed by atoms with Crippen LogP contribution in [-0.4, -0.2) is 21.1 Å². The van der Waals surface area contributed by atoms with Crippen LogP contribution in [0.1, 0.15) is 37.0 Å². The third kappa shape index (κ3) is 3.67. The number of nitrogens with zero attached hydrogens (tertiary/aromatic N) is 2. The Morgan fingerprint density at radius 2 is 1.32 bits per heavy atom. The molecule has 0 fully saturated rings. The molecular formula is C33H18N2O2S. The number of imidazole rings is 1. The Labute approximate surface area is 222 Å². The van der Waals surface area contributed by atoms with E-state index in [1.54, 1.807) is 6.08 Å². The summed E-state index contributed by atoms with van der Waals surface area (Å²) in [6.45, 7) is 0. The molecule has 2 heterocycles. The lowest BCUT2D eigenvalue weighted by atomic mass is 10.0. The Kier molecular flexibility index (Phi) is 5.14. The van der Waals surface area contributed by atoms with Crippen LogP contribution in [0.5, 0.6) is 0 Å². The molecule has 1 aliphatic carbocycles. The van der Waals surface area contributed by atoms with E-state index < -0.39 is 0 Å². The van der Waals surface area contributed by atoms with E-state index >= 15 is 0 Å². The Morgan fingerprint density at radius 1 is 0.711 bits per heavy atom. The lowest BCUT2D eigenvalue weighted by Gasteiger charge is -2.06. The Bertz CT molecular complexity index is 1950. The third-order valence-corrected chi connectivity index (χ3v) is 7.57. The Morgan fingerprint density at radius 3 is 1.97 bits per heavy atom. The zero-order valence-corrected chi connectivity index (χ0v) is 20.8. The summed E-state index contributed by atoms with van der Waals surface area (Å²) < 4.78 is 1.98. The second kappa shape index (κ2) is 8.81. The number of fused-ring (bicyclic) bond motifs is 3. The highest BCUT2D eigenvalue weighted by molar-refractivity contribution is 7.19. The van der Waals surface area contributed by atoms with Crippen molar-refractivity contribution in [3.63, 3.8) is 0 Å². The molecule has 2 aromatic heterocycles. The van der Waals surface area contributed by atoms with Crippen LogP contribution in [0, 0.1) is 11.8 Å². The minimum Gasteiger partial charge on any atom is -0.292 e. The Balaban J connectivity index is 1.36. The lowest BCUT2D eigenvalue weighted by molar-refractivity contribution is 0.0990. The van der Waals surface area contributed by atoms with Gasteiger partial charge in [-0.25, -0.2) is 4.98 Å². The molecule has 38 heavy (non-hydrogen) atoms. The van der Waals surface area contributed by atoms with Gasteiger partial charge in [0.1, 0.15) is 10.7 Å². The van der Waals surface area contributed by atoms with Gasteiger partial charge in [0.15, 0.2) is 11.6 Å². The van der Waals surface area contributed by atoms with Gasteiger partial charge in [-0.1, -0.05) is 72.5 Å². The van der Waals surface area contributed by atoms with Crippen LogP contribution >= 0.6 is 11.3 Å². The number of ketones is 2. The fourth-order valence-corrected chi connectivity index (χ4v) is 5.70. The number of hydrogen-bond acceptors (Lipinski definition) is 4. The predicted molar refractivity (Wildman–Crippen MR) is 152 cm³/mol. The molecule has 0 saturated carbocycles. The zero-order chi connectivity index (χ0) is 25.6. The number of Topliss-reactive ketones (excluding diaryl/α,β-unsaturated/α-hetero) is 2. The first-order valence-electron chi connectivity index (χ1n) is 12.1. The maximum absolute atomic E-state index is 13.4. The molecular weight excluding hydrogens is 488 g/mol. The van der Waals surface area contributed by atoms with E-state index in [1.165, 1.54) is 11.3 Å². The van der Waals surface area contributed by atoms with Crippen LogP contribution in [0.4, 0.5) is 0 Å². The maximum Gasteiger partial charge on any atom is 0.197 e. The lowest BCUT2D eigenvalue weighted by Crippen LogP contribution is -2.03. The molecule has 1 aliphatic rings. The van der Waals surface area contributed by atoms with E-state index in [-0.39, 0.29) is 17.1 Å². The average molecular weight is 507 g/mol. The predicted octanol–water partition coefficient (Wildman–Crippen LogP) is 7.10. The summed E-state index contributed by atoms with van der Waals surface area (Å²) >= 11 is 1.49. The molecule has 0 saturated heterocycles. The largest absolute Gasteiger partial charge is 0.292 e.